The van der Waals surface area contributed by atoms with Gasteiger partial charge < -0.3 is 15.4 Å². The molecule has 4 heteroatoms. The van der Waals surface area contributed by atoms with E-state index in [0.29, 0.717) is 13.2 Å². The van der Waals surface area contributed by atoms with E-state index in [2.05, 4.69) is 10.6 Å². The van der Waals surface area contributed by atoms with E-state index in [9.17, 15) is 4.79 Å². The first-order valence-corrected chi connectivity index (χ1v) is 6.44. The molecule has 0 aromatic heterocycles. The number of urea groups is 1. The van der Waals surface area contributed by atoms with Gasteiger partial charge in [-0.15, -0.1) is 0 Å². The van der Waals surface area contributed by atoms with Gasteiger partial charge >= 0.3 is 6.03 Å². The van der Waals surface area contributed by atoms with E-state index in [1.54, 1.807) is 7.11 Å². The molecule has 20 heavy (non-hydrogen) atoms. The summed E-state index contributed by atoms with van der Waals surface area (Å²) in [5.74, 6) is 0. The lowest BCUT2D eigenvalue weighted by Crippen LogP contribution is -2.28. The number of amides is 2. The Morgan fingerprint density at radius 1 is 1.05 bits per heavy atom. The highest BCUT2D eigenvalue weighted by Gasteiger charge is 2.02. The number of ether oxygens (including phenoxy) is 1. The molecule has 0 saturated heterocycles. The summed E-state index contributed by atoms with van der Waals surface area (Å²) >= 11 is 0. The molecule has 0 radical (unpaired) electrons. The Kier molecular flexibility index (Phi) is 5.15. The van der Waals surface area contributed by atoms with E-state index in [-0.39, 0.29) is 6.03 Å². The maximum atomic E-state index is 11.8. The number of hydrogen-bond acceptors (Lipinski definition) is 2. The lowest BCUT2D eigenvalue weighted by atomic mass is 10.2. The summed E-state index contributed by atoms with van der Waals surface area (Å²) in [5, 5.41) is 5.62. The van der Waals surface area contributed by atoms with E-state index >= 15 is 0 Å². The van der Waals surface area contributed by atoms with Gasteiger partial charge in [-0.05, 0) is 23.3 Å². The second-order valence-electron chi connectivity index (χ2n) is 4.43. The van der Waals surface area contributed by atoms with Gasteiger partial charge in [-0.2, -0.15) is 0 Å². The van der Waals surface area contributed by atoms with Gasteiger partial charge in [0.05, 0.1) is 6.61 Å². The minimum Gasteiger partial charge on any atom is -0.380 e. The molecular weight excluding hydrogens is 252 g/mol. The van der Waals surface area contributed by atoms with Crippen LogP contribution >= 0.6 is 0 Å². The average molecular weight is 270 g/mol. The number of carbonyl (C=O) groups is 1. The maximum absolute atomic E-state index is 11.8. The van der Waals surface area contributed by atoms with Gasteiger partial charge in [0.15, 0.2) is 0 Å². The molecule has 0 bridgehead atoms. The zero-order chi connectivity index (χ0) is 14.2. The van der Waals surface area contributed by atoms with Crippen LogP contribution in [0.3, 0.4) is 0 Å². The summed E-state index contributed by atoms with van der Waals surface area (Å²) in [5.41, 5.74) is 2.84. The normalized spacial score (nSPS) is 10.1. The Morgan fingerprint density at radius 3 is 2.55 bits per heavy atom. The minimum absolute atomic E-state index is 0.219. The first-order valence-electron chi connectivity index (χ1n) is 6.44. The Bertz CT molecular complexity index is 555. The van der Waals surface area contributed by atoms with Crippen molar-refractivity contribution in [1.29, 1.82) is 0 Å². The smallest absolute Gasteiger partial charge is 0.319 e. The van der Waals surface area contributed by atoms with Gasteiger partial charge in [0, 0.05) is 19.3 Å². The van der Waals surface area contributed by atoms with E-state index in [4.69, 9.17) is 4.74 Å². The minimum atomic E-state index is -0.219. The van der Waals surface area contributed by atoms with Gasteiger partial charge in [-0.1, -0.05) is 42.5 Å². The zero-order valence-electron chi connectivity index (χ0n) is 11.4. The lowest BCUT2D eigenvalue weighted by molar-refractivity contribution is 0.185. The number of rotatable bonds is 5. The third kappa shape index (κ3) is 4.40. The summed E-state index contributed by atoms with van der Waals surface area (Å²) in [6.45, 7) is 1.03. The number of hydrogen-bond donors (Lipinski definition) is 2. The van der Waals surface area contributed by atoms with Crippen molar-refractivity contribution >= 4 is 11.7 Å². The molecule has 2 amide bonds. The number of methoxy groups -OCH3 is 1. The van der Waals surface area contributed by atoms with Crippen LogP contribution in [0.15, 0.2) is 54.6 Å². The molecule has 2 aromatic rings. The molecule has 0 aliphatic carbocycles. The standard InChI is InChI=1S/C16H18N2O2/c1-20-12-14-8-5-9-15(10-14)18-16(19)17-11-13-6-3-2-4-7-13/h2-10H,11-12H2,1H3,(H2,17,18,19). The maximum Gasteiger partial charge on any atom is 0.319 e. The third-order valence-corrected chi connectivity index (χ3v) is 2.79. The van der Waals surface area contributed by atoms with E-state index in [0.717, 1.165) is 16.8 Å². The summed E-state index contributed by atoms with van der Waals surface area (Å²) < 4.78 is 5.06. The summed E-state index contributed by atoms with van der Waals surface area (Å²) in [7, 11) is 1.65. The molecule has 0 aliphatic heterocycles. The molecule has 2 aromatic carbocycles. The van der Waals surface area contributed by atoms with Gasteiger partial charge in [0.1, 0.15) is 0 Å². The third-order valence-electron chi connectivity index (χ3n) is 2.79. The first kappa shape index (κ1) is 14.1. The molecule has 0 heterocycles. The van der Waals surface area contributed by atoms with Crippen LogP contribution in [-0.2, 0) is 17.9 Å². The van der Waals surface area contributed by atoms with Crippen LogP contribution in [0.4, 0.5) is 10.5 Å². The molecule has 0 fully saturated rings. The summed E-state index contributed by atoms with van der Waals surface area (Å²) in [4.78, 5) is 11.8. The molecule has 4 nitrogen and oxygen atoms in total. The Morgan fingerprint density at radius 2 is 1.80 bits per heavy atom. The molecule has 2 N–H and O–H groups in total. The molecule has 0 saturated carbocycles. The molecule has 104 valence electrons. The SMILES string of the molecule is COCc1cccc(NC(=O)NCc2ccccc2)c1. The molecular formula is C16H18N2O2. The van der Waals surface area contributed by atoms with Crippen molar-refractivity contribution in [3.05, 3.63) is 65.7 Å². The lowest BCUT2D eigenvalue weighted by Gasteiger charge is -2.09. The van der Waals surface area contributed by atoms with Crippen molar-refractivity contribution in [1.82, 2.24) is 5.32 Å². The Labute approximate surface area is 118 Å². The predicted molar refractivity (Wildman–Crippen MR) is 79.5 cm³/mol. The molecule has 2 rings (SSSR count). The number of benzene rings is 2. The van der Waals surface area contributed by atoms with Gasteiger partial charge in [-0.25, -0.2) is 4.79 Å². The summed E-state index contributed by atoms with van der Waals surface area (Å²) in [6.07, 6.45) is 0. The fraction of sp³-hybridized carbons (Fsp3) is 0.188. The van der Waals surface area contributed by atoms with Crippen LogP contribution in [0.1, 0.15) is 11.1 Å². The van der Waals surface area contributed by atoms with Crippen LogP contribution in [0.5, 0.6) is 0 Å². The van der Waals surface area contributed by atoms with Crippen LogP contribution < -0.4 is 10.6 Å². The van der Waals surface area contributed by atoms with Crippen molar-refractivity contribution in [3.63, 3.8) is 0 Å². The van der Waals surface area contributed by atoms with E-state index in [1.807, 2.05) is 54.6 Å². The van der Waals surface area contributed by atoms with Crippen LogP contribution in [0.25, 0.3) is 0 Å². The van der Waals surface area contributed by atoms with Gasteiger partial charge in [0.25, 0.3) is 0 Å². The van der Waals surface area contributed by atoms with Crippen molar-refractivity contribution in [2.75, 3.05) is 12.4 Å². The monoisotopic (exact) mass is 270 g/mol. The largest absolute Gasteiger partial charge is 0.380 e. The average Bonchev–Trinajstić information content (AvgIpc) is 2.47. The topological polar surface area (TPSA) is 50.4 Å². The number of nitrogens with one attached hydrogen (secondary N) is 2. The van der Waals surface area contributed by atoms with Crippen LogP contribution in [0.2, 0.25) is 0 Å². The molecule has 0 spiro atoms. The van der Waals surface area contributed by atoms with E-state index in [1.165, 1.54) is 0 Å². The molecule has 0 unspecified atom stereocenters. The highest BCUT2D eigenvalue weighted by atomic mass is 16.5. The van der Waals surface area contributed by atoms with Crippen molar-refractivity contribution in [3.8, 4) is 0 Å². The highest BCUT2D eigenvalue weighted by molar-refractivity contribution is 5.89. The highest BCUT2D eigenvalue weighted by Crippen LogP contribution is 2.11. The Balaban J connectivity index is 1.86. The number of anilines is 1. The quantitative estimate of drug-likeness (QED) is 0.876. The van der Waals surface area contributed by atoms with Crippen molar-refractivity contribution < 1.29 is 9.53 Å². The van der Waals surface area contributed by atoms with Crippen LogP contribution in [0, 0.1) is 0 Å². The van der Waals surface area contributed by atoms with Crippen molar-refractivity contribution in [2.24, 2.45) is 0 Å². The second kappa shape index (κ2) is 7.31. The van der Waals surface area contributed by atoms with Crippen molar-refractivity contribution in [2.45, 2.75) is 13.2 Å². The molecule has 0 atom stereocenters. The zero-order valence-corrected chi connectivity index (χ0v) is 11.4. The summed E-state index contributed by atoms with van der Waals surface area (Å²) in [6, 6.07) is 17.2. The fourth-order valence-electron chi connectivity index (χ4n) is 1.86. The van der Waals surface area contributed by atoms with E-state index < -0.39 is 0 Å². The second-order valence-corrected chi connectivity index (χ2v) is 4.43. The van der Waals surface area contributed by atoms with Gasteiger partial charge in [-0.3, -0.25) is 0 Å². The first-order chi connectivity index (χ1) is 9.78. The fourth-order valence-corrected chi connectivity index (χ4v) is 1.86. The van der Waals surface area contributed by atoms with Crippen LogP contribution in [-0.4, -0.2) is 13.1 Å². The molecule has 0 aliphatic rings. The Hall–Kier alpha value is -2.33. The number of carbonyl (C=O) groups excluding carboxylic acids is 1. The predicted octanol–water partition coefficient (Wildman–Crippen LogP) is 3.15. The van der Waals surface area contributed by atoms with Gasteiger partial charge in [0.2, 0.25) is 0 Å².